The van der Waals surface area contributed by atoms with Gasteiger partial charge in [-0.25, -0.2) is 9.78 Å². The van der Waals surface area contributed by atoms with E-state index in [-0.39, 0.29) is 6.03 Å². The van der Waals surface area contributed by atoms with Crippen LogP contribution in [0.4, 0.5) is 10.5 Å². The molecule has 1 fully saturated rings. The molecule has 1 saturated heterocycles. The van der Waals surface area contributed by atoms with E-state index >= 15 is 0 Å². The highest BCUT2D eigenvalue weighted by molar-refractivity contribution is 5.90. The van der Waals surface area contributed by atoms with Gasteiger partial charge in [-0.3, -0.25) is 0 Å². The topological polar surface area (TPSA) is 50.2 Å². The number of carbonyl (C=O) groups is 1. The van der Waals surface area contributed by atoms with Crippen molar-refractivity contribution in [2.24, 2.45) is 0 Å². The van der Waals surface area contributed by atoms with E-state index in [1.165, 1.54) is 5.56 Å². The number of rotatable bonds is 4. The van der Waals surface area contributed by atoms with Gasteiger partial charge in [0.1, 0.15) is 5.82 Å². The zero-order chi connectivity index (χ0) is 17.8. The molecule has 5 heteroatoms. The van der Waals surface area contributed by atoms with E-state index < -0.39 is 0 Å². The first-order valence-corrected chi connectivity index (χ1v) is 9.26. The van der Waals surface area contributed by atoms with Crippen molar-refractivity contribution < 1.29 is 4.79 Å². The maximum absolute atomic E-state index is 12.7. The molecule has 1 aliphatic rings. The van der Waals surface area contributed by atoms with Crippen LogP contribution in [-0.4, -0.2) is 33.6 Å². The van der Waals surface area contributed by atoms with Crippen LogP contribution in [0.1, 0.15) is 56.8 Å². The second kappa shape index (κ2) is 7.72. The average Bonchev–Trinajstić information content (AvgIpc) is 3.11. The van der Waals surface area contributed by atoms with Crippen LogP contribution in [-0.2, 0) is 6.54 Å². The Labute approximate surface area is 150 Å². The molecule has 0 radical (unpaired) electrons. The van der Waals surface area contributed by atoms with E-state index in [1.54, 1.807) is 0 Å². The highest BCUT2D eigenvalue weighted by atomic mass is 16.2. The molecule has 0 bridgehead atoms. The Morgan fingerprint density at radius 3 is 2.68 bits per heavy atom. The summed E-state index contributed by atoms with van der Waals surface area (Å²) < 4.78 is 2.21. The Morgan fingerprint density at radius 1 is 1.28 bits per heavy atom. The second-order valence-electron chi connectivity index (χ2n) is 7.00. The quantitative estimate of drug-likeness (QED) is 0.894. The third-order valence-electron chi connectivity index (χ3n) is 5.06. The molecule has 0 saturated carbocycles. The molecule has 134 valence electrons. The summed E-state index contributed by atoms with van der Waals surface area (Å²) in [6, 6.07) is 8.06. The number of anilines is 1. The molecule has 0 spiro atoms. The first-order valence-electron chi connectivity index (χ1n) is 9.26. The largest absolute Gasteiger partial charge is 0.335 e. The number of nitrogens with one attached hydrogen (secondary N) is 1. The molecule has 2 aromatic rings. The van der Waals surface area contributed by atoms with Crippen molar-refractivity contribution in [3.05, 3.63) is 48.0 Å². The van der Waals surface area contributed by atoms with Crippen molar-refractivity contribution in [2.45, 2.75) is 52.0 Å². The molecular formula is C20H28N4O. The maximum Gasteiger partial charge on any atom is 0.321 e. The number of benzene rings is 1. The lowest BCUT2D eigenvalue weighted by molar-refractivity contribution is 0.193. The van der Waals surface area contributed by atoms with Crippen molar-refractivity contribution >= 4 is 11.7 Å². The molecule has 1 aliphatic heterocycles. The summed E-state index contributed by atoms with van der Waals surface area (Å²) in [4.78, 5) is 19.1. The third kappa shape index (κ3) is 3.86. The summed E-state index contributed by atoms with van der Waals surface area (Å²) in [5.41, 5.74) is 2.10. The molecule has 1 aromatic carbocycles. The number of aryl methyl sites for hydroxylation is 1. The van der Waals surface area contributed by atoms with E-state index in [9.17, 15) is 4.79 Å². The van der Waals surface area contributed by atoms with E-state index in [1.807, 2.05) is 35.5 Å². The number of imidazole rings is 1. The summed E-state index contributed by atoms with van der Waals surface area (Å²) in [6.07, 6.45) is 5.85. The number of piperidine rings is 1. The molecule has 0 unspecified atom stereocenters. The number of amides is 2. The highest BCUT2D eigenvalue weighted by Crippen LogP contribution is 2.28. The fraction of sp³-hybridized carbons (Fsp3) is 0.500. The minimum Gasteiger partial charge on any atom is -0.335 e. The average molecular weight is 340 g/mol. The van der Waals surface area contributed by atoms with Crippen LogP contribution < -0.4 is 5.32 Å². The summed E-state index contributed by atoms with van der Waals surface area (Å²) in [5, 5.41) is 3.10. The van der Waals surface area contributed by atoms with E-state index in [0.29, 0.717) is 11.8 Å². The molecule has 2 amide bonds. The molecule has 0 atom stereocenters. The van der Waals surface area contributed by atoms with Crippen molar-refractivity contribution in [3.8, 4) is 0 Å². The number of carbonyl (C=O) groups excluding carboxylic acids is 1. The van der Waals surface area contributed by atoms with Crippen molar-refractivity contribution in [1.82, 2.24) is 14.5 Å². The number of aromatic nitrogens is 2. The Hall–Kier alpha value is -2.30. The number of urea groups is 1. The number of para-hydroxylation sites is 1. The molecule has 0 aliphatic carbocycles. The summed E-state index contributed by atoms with van der Waals surface area (Å²) in [5.74, 6) is 1.99. The highest BCUT2D eigenvalue weighted by Gasteiger charge is 2.26. The molecule has 3 rings (SSSR count). The first kappa shape index (κ1) is 17.5. The van der Waals surface area contributed by atoms with Gasteiger partial charge < -0.3 is 14.8 Å². The lowest BCUT2D eigenvalue weighted by Gasteiger charge is -2.32. The van der Waals surface area contributed by atoms with Gasteiger partial charge in [0.2, 0.25) is 0 Å². The van der Waals surface area contributed by atoms with Crippen molar-refractivity contribution in [1.29, 1.82) is 0 Å². The van der Waals surface area contributed by atoms with E-state index in [0.717, 1.165) is 44.0 Å². The standard InChI is InChI=1S/C20H28N4O/c1-4-23-14-11-21-19(23)16-9-12-24(13-10-16)20(25)22-18-8-6-5-7-17(18)15(2)3/h5-8,11,14-16H,4,9-10,12-13H2,1-3H3,(H,22,25). The minimum atomic E-state index is 0.00498. The fourth-order valence-corrected chi connectivity index (χ4v) is 3.60. The predicted molar refractivity (Wildman–Crippen MR) is 101 cm³/mol. The van der Waals surface area contributed by atoms with Crippen LogP contribution in [0.5, 0.6) is 0 Å². The Balaban J connectivity index is 1.61. The lowest BCUT2D eigenvalue weighted by atomic mass is 9.96. The zero-order valence-electron chi connectivity index (χ0n) is 15.4. The van der Waals surface area contributed by atoms with Gasteiger partial charge in [0.05, 0.1) is 0 Å². The Bertz CT molecular complexity index is 714. The fourth-order valence-electron chi connectivity index (χ4n) is 3.60. The molecular weight excluding hydrogens is 312 g/mol. The second-order valence-corrected chi connectivity index (χ2v) is 7.00. The molecule has 5 nitrogen and oxygen atoms in total. The van der Waals surface area contributed by atoms with Crippen LogP contribution >= 0.6 is 0 Å². The predicted octanol–water partition coefficient (Wildman–Crippen LogP) is 4.44. The van der Waals surface area contributed by atoms with E-state index in [4.69, 9.17) is 0 Å². The van der Waals surface area contributed by atoms with Gasteiger partial charge in [-0.2, -0.15) is 0 Å². The zero-order valence-corrected chi connectivity index (χ0v) is 15.4. The number of likely N-dealkylation sites (tertiary alicyclic amines) is 1. The summed E-state index contributed by atoms with van der Waals surface area (Å²) in [6.45, 7) is 8.93. The first-order chi connectivity index (χ1) is 12.1. The minimum absolute atomic E-state index is 0.00498. The van der Waals surface area contributed by atoms with Crippen molar-refractivity contribution in [2.75, 3.05) is 18.4 Å². The van der Waals surface area contributed by atoms with Gasteiger partial charge in [0.15, 0.2) is 0 Å². The maximum atomic E-state index is 12.7. The number of hydrogen-bond acceptors (Lipinski definition) is 2. The third-order valence-corrected chi connectivity index (χ3v) is 5.06. The van der Waals surface area contributed by atoms with Crippen LogP contribution in [0.25, 0.3) is 0 Å². The lowest BCUT2D eigenvalue weighted by Crippen LogP contribution is -2.41. The van der Waals surface area contributed by atoms with Gasteiger partial charge in [0.25, 0.3) is 0 Å². The van der Waals surface area contributed by atoms with Crippen LogP contribution in [0.15, 0.2) is 36.7 Å². The Morgan fingerprint density at radius 2 is 2.00 bits per heavy atom. The molecule has 25 heavy (non-hydrogen) atoms. The van der Waals surface area contributed by atoms with Crippen molar-refractivity contribution in [3.63, 3.8) is 0 Å². The van der Waals surface area contributed by atoms with Gasteiger partial charge in [-0.1, -0.05) is 32.0 Å². The van der Waals surface area contributed by atoms with Gasteiger partial charge >= 0.3 is 6.03 Å². The summed E-state index contributed by atoms with van der Waals surface area (Å²) >= 11 is 0. The van der Waals surface area contributed by atoms with Gasteiger partial charge in [0, 0.05) is 43.6 Å². The Kier molecular flexibility index (Phi) is 5.41. The SMILES string of the molecule is CCn1ccnc1C1CCN(C(=O)Nc2ccccc2C(C)C)CC1. The van der Waals surface area contributed by atoms with E-state index in [2.05, 4.69) is 41.7 Å². The normalized spacial score (nSPS) is 15.6. The number of hydrogen-bond donors (Lipinski definition) is 1. The number of nitrogens with zero attached hydrogens (tertiary/aromatic N) is 3. The molecule has 1 aromatic heterocycles. The van der Waals surface area contributed by atoms with Crippen LogP contribution in [0.3, 0.4) is 0 Å². The van der Waals surface area contributed by atoms with Crippen LogP contribution in [0.2, 0.25) is 0 Å². The van der Waals surface area contributed by atoms with Gasteiger partial charge in [-0.05, 0) is 37.3 Å². The molecule has 1 N–H and O–H groups in total. The smallest absolute Gasteiger partial charge is 0.321 e. The van der Waals surface area contributed by atoms with Gasteiger partial charge in [-0.15, -0.1) is 0 Å². The summed E-state index contributed by atoms with van der Waals surface area (Å²) in [7, 11) is 0. The monoisotopic (exact) mass is 340 g/mol. The van der Waals surface area contributed by atoms with Crippen LogP contribution in [0, 0.1) is 0 Å². The molecule has 2 heterocycles.